The molecule has 0 aromatic heterocycles. The van der Waals surface area contributed by atoms with Gasteiger partial charge in [0.1, 0.15) is 0 Å². The summed E-state index contributed by atoms with van der Waals surface area (Å²) in [4.78, 5) is 10.4. The third kappa shape index (κ3) is 3.80. The highest BCUT2D eigenvalue weighted by atomic mass is 32.2. The predicted octanol–water partition coefficient (Wildman–Crippen LogP) is 0.0272. The van der Waals surface area contributed by atoms with Crippen LogP contribution in [-0.4, -0.2) is 37.2 Å². The van der Waals surface area contributed by atoms with Crippen LogP contribution >= 0.6 is 0 Å². The van der Waals surface area contributed by atoms with E-state index < -0.39 is 28.6 Å². The van der Waals surface area contributed by atoms with E-state index in [4.69, 9.17) is 10.2 Å². The van der Waals surface area contributed by atoms with Crippen LogP contribution < -0.4 is 4.72 Å². The maximum atomic E-state index is 11.8. The Morgan fingerprint density at radius 2 is 1.78 bits per heavy atom. The van der Waals surface area contributed by atoms with Crippen molar-refractivity contribution >= 4 is 16.0 Å². The van der Waals surface area contributed by atoms with Crippen LogP contribution in [0.5, 0.6) is 0 Å². The van der Waals surface area contributed by atoms with Crippen LogP contribution in [0.1, 0.15) is 11.1 Å². The summed E-state index contributed by atoms with van der Waals surface area (Å²) in [5.41, 5.74) is 1.57. The van der Waals surface area contributed by atoms with Gasteiger partial charge in [-0.1, -0.05) is 6.07 Å². The molecule has 1 atom stereocenters. The number of carbonyl (C=O) groups is 1. The topological polar surface area (TPSA) is 104 Å². The zero-order chi connectivity index (χ0) is 13.9. The molecule has 0 saturated heterocycles. The second-order valence-corrected chi connectivity index (χ2v) is 5.80. The van der Waals surface area contributed by atoms with Crippen LogP contribution in [0.2, 0.25) is 0 Å². The van der Waals surface area contributed by atoms with E-state index in [1.165, 1.54) is 12.1 Å². The van der Waals surface area contributed by atoms with Crippen molar-refractivity contribution in [3.8, 4) is 0 Å². The van der Waals surface area contributed by atoms with Crippen molar-refractivity contribution in [3.63, 3.8) is 0 Å². The first-order valence-electron chi connectivity index (χ1n) is 5.21. The lowest BCUT2D eigenvalue weighted by atomic mass is 10.2. The highest BCUT2D eigenvalue weighted by Gasteiger charge is 2.19. The average Bonchev–Trinajstić information content (AvgIpc) is 2.24. The standard InChI is InChI=1S/C11H15NO5S/c1-7-3-8(2)5-9(4-7)18(16,17)12-6-10(13)11(14)15/h3-5,10,12-13H,6H2,1-2H3,(H,14,15)/t10-/m0/s1. The van der Waals surface area contributed by atoms with Gasteiger partial charge in [-0.2, -0.15) is 0 Å². The summed E-state index contributed by atoms with van der Waals surface area (Å²) in [5, 5.41) is 17.5. The van der Waals surface area contributed by atoms with Gasteiger partial charge in [0.05, 0.1) is 4.90 Å². The number of sulfonamides is 1. The summed E-state index contributed by atoms with van der Waals surface area (Å²) in [5.74, 6) is -1.47. The number of hydrogen-bond acceptors (Lipinski definition) is 4. The number of aliphatic hydroxyl groups excluding tert-OH is 1. The molecule has 1 rings (SSSR count). The Kier molecular flexibility index (Phi) is 4.44. The number of benzene rings is 1. The molecule has 0 bridgehead atoms. The Balaban J connectivity index is 2.90. The maximum absolute atomic E-state index is 11.8. The smallest absolute Gasteiger partial charge is 0.333 e. The van der Waals surface area contributed by atoms with E-state index in [-0.39, 0.29) is 4.90 Å². The molecule has 0 fully saturated rings. The molecular weight excluding hydrogens is 258 g/mol. The lowest BCUT2D eigenvalue weighted by molar-refractivity contribution is -0.146. The summed E-state index contributed by atoms with van der Waals surface area (Å²) in [6.45, 7) is 2.96. The summed E-state index contributed by atoms with van der Waals surface area (Å²) in [6, 6.07) is 4.77. The Hall–Kier alpha value is -1.44. The van der Waals surface area contributed by atoms with E-state index >= 15 is 0 Å². The van der Waals surface area contributed by atoms with Gasteiger partial charge in [0.25, 0.3) is 0 Å². The number of aliphatic carboxylic acids is 1. The lowest BCUT2D eigenvalue weighted by Gasteiger charge is -2.10. The lowest BCUT2D eigenvalue weighted by Crippen LogP contribution is -2.36. The van der Waals surface area contributed by atoms with Crippen LogP contribution in [-0.2, 0) is 14.8 Å². The van der Waals surface area contributed by atoms with Crippen molar-refractivity contribution in [2.24, 2.45) is 0 Å². The molecule has 1 aromatic rings. The molecule has 0 amide bonds. The first-order chi connectivity index (χ1) is 8.22. The van der Waals surface area contributed by atoms with Gasteiger partial charge >= 0.3 is 5.97 Å². The minimum absolute atomic E-state index is 0.0533. The molecule has 7 heteroatoms. The Morgan fingerprint density at radius 1 is 1.28 bits per heavy atom. The van der Waals surface area contributed by atoms with E-state index in [0.29, 0.717) is 0 Å². The zero-order valence-corrected chi connectivity index (χ0v) is 10.9. The molecule has 0 aliphatic rings. The Labute approximate surface area is 105 Å². The molecule has 0 spiro atoms. The van der Waals surface area contributed by atoms with Gasteiger partial charge in [0.2, 0.25) is 10.0 Å². The number of rotatable bonds is 5. The molecule has 0 aliphatic carbocycles. The number of carboxylic acid groups (broad SMARTS) is 1. The fourth-order valence-electron chi connectivity index (χ4n) is 1.45. The summed E-state index contributed by atoms with van der Waals surface area (Å²) in [7, 11) is -3.81. The molecule has 0 saturated carbocycles. The molecule has 3 N–H and O–H groups in total. The molecule has 18 heavy (non-hydrogen) atoms. The van der Waals surface area contributed by atoms with Gasteiger partial charge < -0.3 is 10.2 Å². The number of carboxylic acids is 1. The quantitative estimate of drug-likeness (QED) is 0.702. The van der Waals surface area contributed by atoms with E-state index in [0.717, 1.165) is 11.1 Å². The van der Waals surface area contributed by atoms with Gasteiger partial charge in [-0.25, -0.2) is 17.9 Å². The van der Waals surface area contributed by atoms with E-state index in [1.54, 1.807) is 13.8 Å². The second-order valence-electron chi connectivity index (χ2n) is 4.03. The largest absolute Gasteiger partial charge is 0.479 e. The normalized spacial score (nSPS) is 13.3. The fraction of sp³-hybridized carbons (Fsp3) is 0.364. The van der Waals surface area contributed by atoms with Crippen LogP contribution in [0.4, 0.5) is 0 Å². The molecule has 6 nitrogen and oxygen atoms in total. The number of nitrogens with one attached hydrogen (secondary N) is 1. The van der Waals surface area contributed by atoms with E-state index in [9.17, 15) is 13.2 Å². The molecule has 0 aliphatic heterocycles. The van der Waals surface area contributed by atoms with Crippen molar-refractivity contribution in [2.45, 2.75) is 24.8 Å². The second kappa shape index (κ2) is 5.47. The summed E-state index contributed by atoms with van der Waals surface area (Å²) in [6.07, 6.45) is -1.76. The SMILES string of the molecule is Cc1cc(C)cc(S(=O)(=O)NC[C@H](O)C(=O)O)c1. The molecule has 1 aromatic carbocycles. The van der Waals surface area contributed by atoms with Crippen molar-refractivity contribution in [1.82, 2.24) is 4.72 Å². The van der Waals surface area contributed by atoms with Gasteiger partial charge in [0, 0.05) is 6.54 Å². The van der Waals surface area contributed by atoms with Gasteiger partial charge in [-0.3, -0.25) is 0 Å². The summed E-state index contributed by atoms with van der Waals surface area (Å²) < 4.78 is 25.7. The molecule has 0 unspecified atom stereocenters. The van der Waals surface area contributed by atoms with Crippen LogP contribution in [0.15, 0.2) is 23.1 Å². The number of aliphatic hydroxyl groups is 1. The predicted molar refractivity (Wildman–Crippen MR) is 64.7 cm³/mol. The highest BCUT2D eigenvalue weighted by molar-refractivity contribution is 7.89. The average molecular weight is 273 g/mol. The van der Waals surface area contributed by atoms with Gasteiger partial charge in [-0.05, 0) is 37.1 Å². The molecule has 0 radical (unpaired) electrons. The van der Waals surface area contributed by atoms with Gasteiger partial charge in [-0.15, -0.1) is 0 Å². The van der Waals surface area contributed by atoms with Crippen molar-refractivity contribution in [3.05, 3.63) is 29.3 Å². The third-order valence-electron chi connectivity index (χ3n) is 2.26. The Bertz CT molecular complexity index is 532. The van der Waals surface area contributed by atoms with Crippen molar-refractivity contribution in [1.29, 1.82) is 0 Å². The van der Waals surface area contributed by atoms with Crippen LogP contribution in [0.25, 0.3) is 0 Å². The van der Waals surface area contributed by atoms with Crippen molar-refractivity contribution < 1.29 is 23.4 Å². The number of hydrogen-bond donors (Lipinski definition) is 3. The maximum Gasteiger partial charge on any atom is 0.333 e. The van der Waals surface area contributed by atoms with Crippen molar-refractivity contribution in [2.75, 3.05) is 6.54 Å². The highest BCUT2D eigenvalue weighted by Crippen LogP contribution is 2.14. The minimum atomic E-state index is -3.81. The van der Waals surface area contributed by atoms with E-state index in [2.05, 4.69) is 4.72 Å². The van der Waals surface area contributed by atoms with Gasteiger partial charge in [0.15, 0.2) is 6.10 Å². The summed E-state index contributed by atoms with van der Waals surface area (Å²) >= 11 is 0. The first kappa shape index (κ1) is 14.6. The fourth-order valence-corrected chi connectivity index (χ4v) is 2.67. The Morgan fingerprint density at radius 3 is 2.22 bits per heavy atom. The first-order valence-corrected chi connectivity index (χ1v) is 6.69. The monoisotopic (exact) mass is 273 g/mol. The third-order valence-corrected chi connectivity index (χ3v) is 3.66. The molecular formula is C11H15NO5S. The molecule has 0 heterocycles. The van der Waals surface area contributed by atoms with Crippen LogP contribution in [0, 0.1) is 13.8 Å². The molecule has 100 valence electrons. The number of aryl methyl sites for hydroxylation is 2. The minimum Gasteiger partial charge on any atom is -0.479 e. The van der Waals surface area contributed by atoms with Crippen LogP contribution in [0.3, 0.4) is 0 Å². The zero-order valence-electron chi connectivity index (χ0n) is 10.0. The van der Waals surface area contributed by atoms with E-state index in [1.807, 2.05) is 6.07 Å².